The molecule has 10 heteroatoms. The van der Waals surface area contributed by atoms with E-state index in [2.05, 4.69) is 15.6 Å². The van der Waals surface area contributed by atoms with Crippen molar-refractivity contribution in [1.82, 2.24) is 10.2 Å². The van der Waals surface area contributed by atoms with Crippen molar-refractivity contribution in [3.05, 3.63) is 47.7 Å². The third-order valence-corrected chi connectivity index (χ3v) is 4.81. The number of carbonyl (C=O) groups excluding carboxylic acids is 3. The van der Waals surface area contributed by atoms with Gasteiger partial charge in [-0.05, 0) is 12.5 Å². The van der Waals surface area contributed by atoms with Crippen molar-refractivity contribution in [3.8, 4) is 0 Å². The number of nitrogens with zero attached hydrogens (tertiary/aromatic N) is 3. The maximum absolute atomic E-state index is 12.2. The zero-order valence-corrected chi connectivity index (χ0v) is 16.6. The summed E-state index contributed by atoms with van der Waals surface area (Å²) in [4.78, 5) is 35.7. The molecule has 0 radical (unpaired) electrons. The van der Waals surface area contributed by atoms with Crippen molar-refractivity contribution in [1.29, 1.82) is 0 Å². The molecule has 1 N–H and O–H groups in total. The molecular weight excluding hydrogens is 396 g/mol. The van der Waals surface area contributed by atoms with Crippen LogP contribution in [0.15, 0.2) is 46.0 Å². The van der Waals surface area contributed by atoms with Gasteiger partial charge in [-0.15, -0.1) is 11.8 Å². The number of ether oxygens (including phenoxy) is 1. The van der Waals surface area contributed by atoms with E-state index >= 15 is 0 Å². The lowest BCUT2D eigenvalue weighted by atomic mass is 10.1. The lowest BCUT2D eigenvalue weighted by Gasteiger charge is -2.11. The van der Waals surface area contributed by atoms with Gasteiger partial charge in [0.2, 0.25) is 5.91 Å². The maximum atomic E-state index is 12.2. The number of nitrogens with one attached hydrogen (secondary N) is 1. The highest BCUT2D eigenvalue weighted by Crippen LogP contribution is 2.14. The van der Waals surface area contributed by atoms with Gasteiger partial charge in [-0.25, -0.2) is 5.01 Å². The molecule has 3 rings (SSSR count). The Morgan fingerprint density at radius 2 is 2.03 bits per heavy atom. The molecule has 152 valence electrons. The minimum absolute atomic E-state index is 0.0446. The summed E-state index contributed by atoms with van der Waals surface area (Å²) in [5.41, 5.74) is 1.80. The SMILES string of the molecule is Cc1cc(NC(=O)CSCC(=O)OCC(=O)N2CCC(c3ccccc3)=N2)no1. The lowest BCUT2D eigenvalue weighted by molar-refractivity contribution is -0.149. The number of hydrazone groups is 1. The monoisotopic (exact) mass is 416 g/mol. The third-order valence-electron chi connectivity index (χ3n) is 3.90. The molecule has 2 amide bonds. The molecule has 1 aromatic carbocycles. The van der Waals surface area contributed by atoms with E-state index in [0.29, 0.717) is 24.5 Å². The standard InChI is InChI=1S/C19H20N4O5S/c1-13-9-16(22-28-13)20-17(24)11-29-12-19(26)27-10-18(25)23-8-7-15(21-23)14-5-3-2-4-6-14/h2-6,9H,7-8,10-12H2,1H3,(H,20,22,24). The van der Waals surface area contributed by atoms with Crippen LogP contribution in [-0.2, 0) is 19.1 Å². The predicted molar refractivity (Wildman–Crippen MR) is 107 cm³/mol. The van der Waals surface area contributed by atoms with E-state index in [0.717, 1.165) is 23.0 Å². The van der Waals surface area contributed by atoms with Crippen LogP contribution in [0.2, 0.25) is 0 Å². The van der Waals surface area contributed by atoms with Crippen LogP contribution < -0.4 is 5.32 Å². The summed E-state index contributed by atoms with van der Waals surface area (Å²) in [5.74, 6) is -0.356. The first-order chi connectivity index (χ1) is 14.0. The van der Waals surface area contributed by atoms with Crippen molar-refractivity contribution in [2.75, 3.05) is 30.0 Å². The van der Waals surface area contributed by atoms with Crippen molar-refractivity contribution in [2.45, 2.75) is 13.3 Å². The van der Waals surface area contributed by atoms with E-state index in [-0.39, 0.29) is 29.9 Å². The quantitative estimate of drug-likeness (QED) is 0.653. The minimum Gasteiger partial charge on any atom is -0.455 e. The van der Waals surface area contributed by atoms with Gasteiger partial charge in [0.05, 0.1) is 23.8 Å². The molecule has 9 nitrogen and oxygen atoms in total. The molecule has 1 aromatic heterocycles. The van der Waals surface area contributed by atoms with E-state index in [4.69, 9.17) is 9.26 Å². The number of thioether (sulfide) groups is 1. The van der Waals surface area contributed by atoms with Crippen LogP contribution in [0.1, 0.15) is 17.7 Å². The minimum atomic E-state index is -0.570. The highest BCUT2D eigenvalue weighted by Gasteiger charge is 2.22. The van der Waals surface area contributed by atoms with Crippen LogP contribution in [0.5, 0.6) is 0 Å². The van der Waals surface area contributed by atoms with Crippen molar-refractivity contribution >= 4 is 41.1 Å². The van der Waals surface area contributed by atoms with Gasteiger partial charge in [-0.1, -0.05) is 35.5 Å². The van der Waals surface area contributed by atoms with Gasteiger partial charge in [-0.2, -0.15) is 5.10 Å². The second-order valence-electron chi connectivity index (χ2n) is 6.20. The zero-order chi connectivity index (χ0) is 20.6. The zero-order valence-electron chi connectivity index (χ0n) is 15.8. The molecule has 0 saturated carbocycles. The number of anilines is 1. The first kappa shape index (κ1) is 20.6. The highest BCUT2D eigenvalue weighted by molar-refractivity contribution is 8.00. The normalized spacial score (nSPS) is 13.1. The van der Waals surface area contributed by atoms with Crippen LogP contribution >= 0.6 is 11.8 Å². The third kappa shape index (κ3) is 6.18. The summed E-state index contributed by atoms with van der Waals surface area (Å²) >= 11 is 1.08. The van der Waals surface area contributed by atoms with Gasteiger partial charge in [0.15, 0.2) is 12.4 Å². The first-order valence-corrected chi connectivity index (χ1v) is 10.1. The summed E-state index contributed by atoms with van der Waals surface area (Å²) in [6.45, 7) is 1.79. The van der Waals surface area contributed by atoms with Crippen molar-refractivity contribution < 1.29 is 23.6 Å². The van der Waals surface area contributed by atoms with Crippen LogP contribution in [-0.4, -0.2) is 58.3 Å². The van der Waals surface area contributed by atoms with Crippen LogP contribution in [0.25, 0.3) is 0 Å². The van der Waals surface area contributed by atoms with E-state index in [9.17, 15) is 14.4 Å². The Bertz CT molecular complexity index is 912. The second-order valence-corrected chi connectivity index (χ2v) is 7.19. The Labute approximate surface area is 171 Å². The van der Waals surface area contributed by atoms with Gasteiger partial charge in [0.25, 0.3) is 5.91 Å². The number of amides is 2. The Morgan fingerprint density at radius 3 is 2.76 bits per heavy atom. The van der Waals surface area contributed by atoms with E-state index < -0.39 is 5.97 Å². The fraction of sp³-hybridized carbons (Fsp3) is 0.316. The number of carbonyl (C=O) groups is 3. The Hall–Kier alpha value is -3.14. The Morgan fingerprint density at radius 1 is 1.24 bits per heavy atom. The van der Waals surface area contributed by atoms with E-state index in [1.165, 1.54) is 5.01 Å². The largest absolute Gasteiger partial charge is 0.455 e. The predicted octanol–water partition coefficient (Wildman–Crippen LogP) is 1.83. The summed E-state index contributed by atoms with van der Waals surface area (Å²) in [6, 6.07) is 11.2. The summed E-state index contributed by atoms with van der Waals surface area (Å²) in [6.07, 6.45) is 0.652. The molecule has 0 fully saturated rings. The summed E-state index contributed by atoms with van der Waals surface area (Å²) in [7, 11) is 0. The van der Waals surface area contributed by atoms with Gasteiger partial charge in [0.1, 0.15) is 5.76 Å². The smallest absolute Gasteiger partial charge is 0.316 e. The van der Waals surface area contributed by atoms with Gasteiger partial charge >= 0.3 is 5.97 Å². The maximum Gasteiger partial charge on any atom is 0.316 e. The molecule has 0 bridgehead atoms. The fourth-order valence-corrected chi connectivity index (χ4v) is 3.17. The van der Waals surface area contributed by atoms with E-state index in [1.807, 2.05) is 30.3 Å². The van der Waals surface area contributed by atoms with Crippen molar-refractivity contribution in [3.63, 3.8) is 0 Å². The average molecular weight is 416 g/mol. The molecule has 0 spiro atoms. The molecule has 2 aromatic rings. The first-order valence-electron chi connectivity index (χ1n) is 8.91. The number of rotatable bonds is 8. The van der Waals surface area contributed by atoms with Crippen LogP contribution in [0, 0.1) is 6.92 Å². The molecule has 29 heavy (non-hydrogen) atoms. The average Bonchev–Trinajstić information content (AvgIpc) is 3.36. The topological polar surface area (TPSA) is 114 Å². The number of hydrogen-bond acceptors (Lipinski definition) is 8. The molecule has 0 saturated heterocycles. The summed E-state index contributed by atoms with van der Waals surface area (Å²) < 4.78 is 9.83. The van der Waals surface area contributed by atoms with Gasteiger partial charge < -0.3 is 14.6 Å². The second kappa shape index (κ2) is 9.87. The molecule has 0 unspecified atom stereocenters. The number of benzene rings is 1. The lowest BCUT2D eigenvalue weighted by Crippen LogP contribution is -2.29. The molecule has 0 atom stereocenters. The van der Waals surface area contributed by atoms with E-state index in [1.54, 1.807) is 13.0 Å². The molecule has 0 aliphatic carbocycles. The number of hydrogen-bond donors (Lipinski definition) is 1. The highest BCUT2D eigenvalue weighted by atomic mass is 32.2. The van der Waals surface area contributed by atoms with Crippen LogP contribution in [0.4, 0.5) is 5.82 Å². The molecule has 1 aliphatic rings. The number of aryl methyl sites for hydroxylation is 1. The number of esters is 1. The fourth-order valence-electron chi connectivity index (χ4n) is 2.56. The molecule has 2 heterocycles. The van der Waals surface area contributed by atoms with Crippen LogP contribution in [0.3, 0.4) is 0 Å². The molecule has 1 aliphatic heterocycles. The van der Waals surface area contributed by atoms with Gasteiger partial charge in [-0.3, -0.25) is 14.4 Å². The number of aromatic nitrogens is 1. The van der Waals surface area contributed by atoms with Crippen molar-refractivity contribution in [2.24, 2.45) is 5.10 Å². The molecular formula is C19H20N4O5S. The van der Waals surface area contributed by atoms with Gasteiger partial charge in [0, 0.05) is 12.5 Å². The Balaban J connectivity index is 1.34. The Kier molecular flexibility index (Phi) is 7.01. The summed E-state index contributed by atoms with van der Waals surface area (Å²) in [5, 5.41) is 11.8.